The van der Waals surface area contributed by atoms with Crippen molar-refractivity contribution in [3.05, 3.63) is 41.2 Å². The second kappa shape index (κ2) is 6.13. The fraction of sp³-hybridized carbons (Fsp3) is 0.533. The normalized spacial score (nSPS) is 11.8. The molecule has 0 saturated carbocycles. The third-order valence-electron chi connectivity index (χ3n) is 3.24. The van der Waals surface area contributed by atoms with Crippen LogP contribution in [0.3, 0.4) is 0 Å². The van der Waals surface area contributed by atoms with Crippen molar-refractivity contribution in [3.63, 3.8) is 0 Å². The average Bonchev–Trinajstić information content (AvgIpc) is 2.82. The second-order valence-corrected chi connectivity index (χ2v) is 6.10. The third kappa shape index (κ3) is 4.13. The molecule has 1 heterocycles. The summed E-state index contributed by atoms with van der Waals surface area (Å²) in [4.78, 5) is 0. The maximum atomic E-state index is 4.09. The first-order valence-corrected chi connectivity index (χ1v) is 7.00. The predicted octanol–water partition coefficient (Wildman–Crippen LogP) is 2.11. The first kappa shape index (κ1) is 14.7. The monoisotopic (exact) mass is 273 g/mol. The maximum Gasteiger partial charge on any atom is 0.165 e. The Balaban J connectivity index is 1.97. The van der Waals surface area contributed by atoms with Gasteiger partial charge < -0.3 is 5.32 Å². The summed E-state index contributed by atoms with van der Waals surface area (Å²) in [5, 5.41) is 15.4. The van der Waals surface area contributed by atoms with E-state index in [1.54, 1.807) is 0 Å². The van der Waals surface area contributed by atoms with Crippen LogP contribution >= 0.6 is 0 Å². The molecule has 1 aromatic carbocycles. The van der Waals surface area contributed by atoms with Crippen molar-refractivity contribution in [1.82, 2.24) is 25.5 Å². The predicted molar refractivity (Wildman–Crippen MR) is 79.3 cm³/mol. The van der Waals surface area contributed by atoms with Crippen molar-refractivity contribution in [3.8, 4) is 0 Å². The van der Waals surface area contributed by atoms with E-state index in [0.29, 0.717) is 6.54 Å². The fourth-order valence-corrected chi connectivity index (χ4v) is 1.98. The van der Waals surface area contributed by atoms with Gasteiger partial charge in [-0.3, -0.25) is 0 Å². The second-order valence-electron chi connectivity index (χ2n) is 6.10. The number of aryl methyl sites for hydroxylation is 3. The van der Waals surface area contributed by atoms with Crippen molar-refractivity contribution >= 4 is 0 Å². The van der Waals surface area contributed by atoms with E-state index < -0.39 is 0 Å². The molecule has 5 heteroatoms. The SMILES string of the molecule is Cc1ccccc1CCn1nnnc1CNC(C)(C)C. The van der Waals surface area contributed by atoms with Crippen LogP contribution in [0.25, 0.3) is 0 Å². The van der Waals surface area contributed by atoms with E-state index in [0.717, 1.165) is 18.8 Å². The van der Waals surface area contributed by atoms with E-state index in [4.69, 9.17) is 0 Å². The van der Waals surface area contributed by atoms with Crippen LogP contribution in [0.4, 0.5) is 0 Å². The lowest BCUT2D eigenvalue weighted by Crippen LogP contribution is -2.36. The molecule has 0 aliphatic carbocycles. The topological polar surface area (TPSA) is 55.6 Å². The quantitative estimate of drug-likeness (QED) is 0.906. The van der Waals surface area contributed by atoms with Crippen LogP contribution < -0.4 is 5.32 Å². The number of benzene rings is 1. The van der Waals surface area contributed by atoms with Crippen molar-refractivity contribution in [1.29, 1.82) is 0 Å². The third-order valence-corrected chi connectivity index (χ3v) is 3.24. The Morgan fingerprint density at radius 3 is 2.65 bits per heavy atom. The summed E-state index contributed by atoms with van der Waals surface area (Å²) in [6.45, 7) is 10.0. The van der Waals surface area contributed by atoms with Crippen molar-refractivity contribution in [2.24, 2.45) is 0 Å². The molecular formula is C15H23N5. The Bertz CT molecular complexity index is 553. The molecule has 2 rings (SSSR count). The number of tetrazole rings is 1. The van der Waals surface area contributed by atoms with Crippen LogP contribution in [0, 0.1) is 6.92 Å². The first-order chi connectivity index (χ1) is 9.46. The first-order valence-electron chi connectivity index (χ1n) is 7.00. The molecule has 2 aromatic rings. The van der Waals surface area contributed by atoms with Gasteiger partial charge in [0.2, 0.25) is 0 Å². The average molecular weight is 273 g/mol. The van der Waals surface area contributed by atoms with Gasteiger partial charge in [0, 0.05) is 12.1 Å². The molecule has 108 valence electrons. The smallest absolute Gasteiger partial charge is 0.165 e. The summed E-state index contributed by atoms with van der Waals surface area (Å²) in [7, 11) is 0. The zero-order valence-electron chi connectivity index (χ0n) is 12.7. The molecule has 1 aromatic heterocycles. The van der Waals surface area contributed by atoms with E-state index in [9.17, 15) is 0 Å². The largest absolute Gasteiger partial charge is 0.305 e. The standard InChI is InChI=1S/C15H23N5/c1-12-7-5-6-8-13(12)9-10-20-14(17-18-19-20)11-16-15(2,3)4/h5-8,16H,9-11H2,1-4H3. The lowest BCUT2D eigenvalue weighted by molar-refractivity contribution is 0.407. The van der Waals surface area contributed by atoms with Gasteiger partial charge in [0.25, 0.3) is 0 Å². The van der Waals surface area contributed by atoms with Gasteiger partial charge in [-0.1, -0.05) is 24.3 Å². The number of aromatic nitrogens is 4. The van der Waals surface area contributed by atoms with E-state index in [2.05, 4.69) is 72.8 Å². The minimum atomic E-state index is 0.0623. The summed E-state index contributed by atoms with van der Waals surface area (Å²) in [5.74, 6) is 0.883. The minimum Gasteiger partial charge on any atom is -0.305 e. The Hall–Kier alpha value is -1.75. The van der Waals surface area contributed by atoms with Gasteiger partial charge in [0.05, 0.1) is 6.54 Å². The van der Waals surface area contributed by atoms with Crippen LogP contribution in [-0.2, 0) is 19.5 Å². The summed E-state index contributed by atoms with van der Waals surface area (Å²) in [6, 6.07) is 8.43. The molecule has 20 heavy (non-hydrogen) atoms. The molecule has 5 nitrogen and oxygen atoms in total. The van der Waals surface area contributed by atoms with Gasteiger partial charge in [-0.25, -0.2) is 4.68 Å². The maximum absolute atomic E-state index is 4.09. The number of hydrogen-bond acceptors (Lipinski definition) is 4. The molecule has 0 saturated heterocycles. The molecule has 0 amide bonds. The van der Waals surface area contributed by atoms with E-state index in [1.165, 1.54) is 11.1 Å². The molecule has 0 aliphatic rings. The van der Waals surface area contributed by atoms with Crippen LogP contribution in [0.5, 0.6) is 0 Å². The molecule has 0 spiro atoms. The molecule has 0 aliphatic heterocycles. The van der Waals surface area contributed by atoms with E-state index in [1.807, 2.05) is 4.68 Å². The molecule has 0 atom stereocenters. The highest BCUT2D eigenvalue weighted by atomic mass is 15.5. The minimum absolute atomic E-state index is 0.0623. The Labute approximate surface area is 120 Å². The zero-order chi connectivity index (χ0) is 14.6. The zero-order valence-corrected chi connectivity index (χ0v) is 12.7. The van der Waals surface area contributed by atoms with Crippen LogP contribution in [-0.4, -0.2) is 25.7 Å². The van der Waals surface area contributed by atoms with Gasteiger partial charge >= 0.3 is 0 Å². The highest BCUT2D eigenvalue weighted by molar-refractivity contribution is 5.25. The fourth-order valence-electron chi connectivity index (χ4n) is 1.98. The number of rotatable bonds is 5. The molecular weight excluding hydrogens is 250 g/mol. The van der Waals surface area contributed by atoms with Crippen molar-refractivity contribution in [2.45, 2.75) is 52.7 Å². The van der Waals surface area contributed by atoms with Crippen LogP contribution in [0.15, 0.2) is 24.3 Å². The highest BCUT2D eigenvalue weighted by Crippen LogP contribution is 2.09. The molecule has 0 unspecified atom stereocenters. The van der Waals surface area contributed by atoms with Gasteiger partial charge in [0.1, 0.15) is 0 Å². The molecule has 0 bridgehead atoms. The highest BCUT2D eigenvalue weighted by Gasteiger charge is 2.12. The van der Waals surface area contributed by atoms with Crippen molar-refractivity contribution in [2.75, 3.05) is 0 Å². The summed E-state index contributed by atoms with van der Waals surface area (Å²) in [6.07, 6.45) is 0.945. The lowest BCUT2D eigenvalue weighted by Gasteiger charge is -2.19. The molecule has 0 fully saturated rings. The summed E-state index contributed by atoms with van der Waals surface area (Å²) >= 11 is 0. The molecule has 0 radical (unpaired) electrons. The van der Waals surface area contributed by atoms with Gasteiger partial charge in [-0.15, -0.1) is 5.10 Å². The van der Waals surface area contributed by atoms with E-state index >= 15 is 0 Å². The van der Waals surface area contributed by atoms with Crippen molar-refractivity contribution < 1.29 is 0 Å². The van der Waals surface area contributed by atoms with Gasteiger partial charge in [-0.05, 0) is 55.7 Å². The summed E-state index contributed by atoms with van der Waals surface area (Å²) in [5.41, 5.74) is 2.72. The Kier molecular flexibility index (Phi) is 4.49. The lowest BCUT2D eigenvalue weighted by atomic mass is 10.1. The summed E-state index contributed by atoms with van der Waals surface area (Å²) < 4.78 is 1.88. The molecule has 1 N–H and O–H groups in total. The number of nitrogens with one attached hydrogen (secondary N) is 1. The Morgan fingerprint density at radius 1 is 1.20 bits per heavy atom. The number of nitrogens with zero attached hydrogens (tertiary/aromatic N) is 4. The van der Waals surface area contributed by atoms with Gasteiger partial charge in [0.15, 0.2) is 5.82 Å². The Morgan fingerprint density at radius 2 is 1.95 bits per heavy atom. The number of hydrogen-bond donors (Lipinski definition) is 1. The van der Waals surface area contributed by atoms with Crippen LogP contribution in [0.2, 0.25) is 0 Å². The van der Waals surface area contributed by atoms with Gasteiger partial charge in [-0.2, -0.15) is 0 Å². The van der Waals surface area contributed by atoms with Crippen LogP contribution in [0.1, 0.15) is 37.7 Å². The van der Waals surface area contributed by atoms with E-state index in [-0.39, 0.29) is 5.54 Å².